The van der Waals surface area contributed by atoms with Crippen molar-refractivity contribution < 1.29 is 9.90 Å². The van der Waals surface area contributed by atoms with Crippen LogP contribution in [-0.2, 0) is 0 Å². The van der Waals surface area contributed by atoms with Crippen LogP contribution in [0.3, 0.4) is 0 Å². The van der Waals surface area contributed by atoms with Crippen LogP contribution in [0.2, 0.25) is 0 Å². The third-order valence-corrected chi connectivity index (χ3v) is 3.71. The highest BCUT2D eigenvalue weighted by Gasteiger charge is 2.14. The van der Waals surface area contributed by atoms with E-state index in [2.05, 4.69) is 21.2 Å². The van der Waals surface area contributed by atoms with Gasteiger partial charge in [-0.25, -0.2) is 4.79 Å². The second kappa shape index (κ2) is 6.09. The Hall–Kier alpha value is -1.81. The van der Waals surface area contributed by atoms with Gasteiger partial charge < -0.3 is 10.4 Å². The van der Waals surface area contributed by atoms with E-state index in [9.17, 15) is 9.90 Å². The average Bonchev–Trinajstić information content (AvgIpc) is 2.40. The van der Waals surface area contributed by atoms with Crippen molar-refractivity contribution in [1.29, 1.82) is 0 Å². The van der Waals surface area contributed by atoms with Gasteiger partial charge in [0.1, 0.15) is 0 Å². The molecular formula is C16H16BrNO2. The Balaban J connectivity index is 2.32. The Bertz CT molecular complexity index is 640. The first kappa shape index (κ1) is 14.6. The van der Waals surface area contributed by atoms with Crippen LogP contribution in [0.25, 0.3) is 0 Å². The number of benzene rings is 2. The first-order valence-corrected chi connectivity index (χ1v) is 7.13. The quantitative estimate of drug-likeness (QED) is 0.857. The van der Waals surface area contributed by atoms with Crippen molar-refractivity contribution in [2.75, 3.05) is 5.32 Å². The van der Waals surface area contributed by atoms with Gasteiger partial charge in [0.05, 0.1) is 11.3 Å². The molecule has 2 aromatic carbocycles. The number of aryl methyl sites for hydroxylation is 1. The molecule has 0 aliphatic rings. The fourth-order valence-electron chi connectivity index (χ4n) is 2.11. The molecule has 0 aromatic heterocycles. The summed E-state index contributed by atoms with van der Waals surface area (Å²) in [7, 11) is 0. The fourth-order valence-corrected chi connectivity index (χ4v) is 2.53. The maximum atomic E-state index is 11.3. The van der Waals surface area contributed by atoms with Gasteiger partial charge in [0.25, 0.3) is 0 Å². The third kappa shape index (κ3) is 3.20. The number of halogens is 1. The van der Waals surface area contributed by atoms with E-state index in [0.29, 0.717) is 11.3 Å². The summed E-state index contributed by atoms with van der Waals surface area (Å²) in [4.78, 5) is 11.3. The third-order valence-electron chi connectivity index (χ3n) is 3.21. The zero-order valence-electron chi connectivity index (χ0n) is 11.4. The number of carbonyl (C=O) groups is 1. The van der Waals surface area contributed by atoms with Gasteiger partial charge in [0, 0.05) is 10.5 Å². The molecule has 0 heterocycles. The van der Waals surface area contributed by atoms with Crippen LogP contribution < -0.4 is 5.32 Å². The van der Waals surface area contributed by atoms with Crippen molar-refractivity contribution in [2.24, 2.45) is 0 Å². The molecule has 2 rings (SSSR count). The summed E-state index contributed by atoms with van der Waals surface area (Å²) < 4.78 is 1.01. The Morgan fingerprint density at radius 3 is 2.60 bits per heavy atom. The first-order chi connectivity index (χ1) is 9.49. The zero-order valence-corrected chi connectivity index (χ0v) is 12.9. The van der Waals surface area contributed by atoms with Crippen LogP contribution in [-0.4, -0.2) is 11.1 Å². The van der Waals surface area contributed by atoms with E-state index in [-0.39, 0.29) is 6.04 Å². The van der Waals surface area contributed by atoms with Gasteiger partial charge in [0.2, 0.25) is 0 Å². The molecule has 0 aliphatic heterocycles. The van der Waals surface area contributed by atoms with Crippen LogP contribution in [0, 0.1) is 6.92 Å². The number of carboxylic acid groups (broad SMARTS) is 1. The maximum absolute atomic E-state index is 11.3. The number of rotatable bonds is 4. The molecule has 20 heavy (non-hydrogen) atoms. The highest BCUT2D eigenvalue weighted by molar-refractivity contribution is 9.10. The van der Waals surface area contributed by atoms with Crippen LogP contribution in [0.5, 0.6) is 0 Å². The molecule has 3 nitrogen and oxygen atoms in total. The highest BCUT2D eigenvalue weighted by Crippen LogP contribution is 2.27. The van der Waals surface area contributed by atoms with Crippen molar-refractivity contribution in [2.45, 2.75) is 19.9 Å². The van der Waals surface area contributed by atoms with Crippen LogP contribution in [0.15, 0.2) is 46.9 Å². The van der Waals surface area contributed by atoms with Gasteiger partial charge in [-0.15, -0.1) is 0 Å². The summed E-state index contributed by atoms with van der Waals surface area (Å²) >= 11 is 3.45. The van der Waals surface area contributed by atoms with Gasteiger partial charge >= 0.3 is 5.97 Å². The molecule has 2 aromatic rings. The summed E-state index contributed by atoms with van der Waals surface area (Å²) in [5.41, 5.74) is 2.99. The smallest absolute Gasteiger partial charge is 0.337 e. The molecule has 1 unspecified atom stereocenters. The molecule has 0 spiro atoms. The molecule has 0 bridgehead atoms. The van der Waals surface area contributed by atoms with E-state index in [1.165, 1.54) is 0 Å². The molecule has 2 N–H and O–H groups in total. The lowest BCUT2D eigenvalue weighted by atomic mass is 10.0. The van der Waals surface area contributed by atoms with Gasteiger partial charge in [-0.2, -0.15) is 0 Å². The Kier molecular flexibility index (Phi) is 4.45. The minimum Gasteiger partial charge on any atom is -0.478 e. The van der Waals surface area contributed by atoms with E-state index < -0.39 is 5.97 Å². The van der Waals surface area contributed by atoms with E-state index in [1.807, 2.05) is 44.2 Å². The van der Waals surface area contributed by atoms with Crippen molar-refractivity contribution in [3.05, 3.63) is 63.6 Å². The summed E-state index contributed by atoms with van der Waals surface area (Å²) in [6.45, 7) is 3.92. The van der Waals surface area contributed by atoms with E-state index in [0.717, 1.165) is 15.6 Å². The van der Waals surface area contributed by atoms with Gasteiger partial charge in [-0.05, 0) is 43.2 Å². The SMILES string of the molecule is Cc1cccc(C(=O)O)c1NC(C)c1cccc(Br)c1. The van der Waals surface area contributed by atoms with E-state index >= 15 is 0 Å². The number of hydrogen-bond acceptors (Lipinski definition) is 2. The molecular weight excluding hydrogens is 318 g/mol. The predicted octanol–water partition coefficient (Wildman–Crippen LogP) is 4.63. The molecule has 104 valence electrons. The number of anilines is 1. The Morgan fingerprint density at radius 1 is 1.25 bits per heavy atom. The van der Waals surface area contributed by atoms with Crippen LogP contribution in [0.1, 0.15) is 34.5 Å². The minimum absolute atomic E-state index is 0.0201. The topological polar surface area (TPSA) is 49.3 Å². The van der Waals surface area contributed by atoms with E-state index in [1.54, 1.807) is 12.1 Å². The van der Waals surface area contributed by atoms with Gasteiger partial charge in [0.15, 0.2) is 0 Å². The monoisotopic (exact) mass is 333 g/mol. The lowest BCUT2D eigenvalue weighted by molar-refractivity contribution is 0.0698. The molecule has 0 saturated carbocycles. The van der Waals surface area contributed by atoms with Crippen LogP contribution >= 0.6 is 15.9 Å². The van der Waals surface area contributed by atoms with E-state index in [4.69, 9.17) is 0 Å². The van der Waals surface area contributed by atoms with Crippen molar-refractivity contribution >= 4 is 27.6 Å². The second-order valence-electron chi connectivity index (χ2n) is 4.72. The highest BCUT2D eigenvalue weighted by atomic mass is 79.9. The summed E-state index contributed by atoms with van der Waals surface area (Å²) in [6.07, 6.45) is 0. The Labute approximate surface area is 126 Å². The molecule has 0 fully saturated rings. The summed E-state index contributed by atoms with van der Waals surface area (Å²) in [5.74, 6) is -0.919. The standard InChI is InChI=1S/C16H16BrNO2/c1-10-5-3-8-14(16(19)20)15(10)18-11(2)12-6-4-7-13(17)9-12/h3-9,11,18H,1-2H3,(H,19,20). The zero-order chi connectivity index (χ0) is 14.7. The maximum Gasteiger partial charge on any atom is 0.337 e. The summed E-state index contributed by atoms with van der Waals surface area (Å²) in [5, 5.41) is 12.6. The van der Waals surface area contributed by atoms with Crippen molar-refractivity contribution in [3.8, 4) is 0 Å². The number of para-hydroxylation sites is 1. The van der Waals surface area contributed by atoms with Crippen LogP contribution in [0.4, 0.5) is 5.69 Å². The average molecular weight is 334 g/mol. The number of hydrogen-bond donors (Lipinski definition) is 2. The molecule has 0 amide bonds. The van der Waals surface area contributed by atoms with Crippen molar-refractivity contribution in [1.82, 2.24) is 0 Å². The Morgan fingerprint density at radius 2 is 1.95 bits per heavy atom. The van der Waals surface area contributed by atoms with Gasteiger partial charge in [-0.1, -0.05) is 40.2 Å². The first-order valence-electron chi connectivity index (χ1n) is 6.34. The minimum atomic E-state index is -0.919. The lowest BCUT2D eigenvalue weighted by Crippen LogP contribution is -2.12. The summed E-state index contributed by atoms with van der Waals surface area (Å²) in [6, 6.07) is 13.3. The second-order valence-corrected chi connectivity index (χ2v) is 5.64. The predicted molar refractivity (Wildman–Crippen MR) is 84.3 cm³/mol. The number of aromatic carboxylic acids is 1. The lowest BCUT2D eigenvalue weighted by Gasteiger charge is -2.19. The largest absolute Gasteiger partial charge is 0.478 e. The molecule has 0 saturated heterocycles. The molecule has 0 aliphatic carbocycles. The number of carboxylic acids is 1. The van der Waals surface area contributed by atoms with Gasteiger partial charge in [-0.3, -0.25) is 0 Å². The molecule has 4 heteroatoms. The molecule has 1 atom stereocenters. The van der Waals surface area contributed by atoms with Crippen molar-refractivity contribution in [3.63, 3.8) is 0 Å². The number of nitrogens with one attached hydrogen (secondary N) is 1. The molecule has 0 radical (unpaired) electrons. The fraction of sp³-hybridized carbons (Fsp3) is 0.188. The normalized spacial score (nSPS) is 11.9.